The van der Waals surface area contributed by atoms with Gasteiger partial charge in [-0.1, -0.05) is 33.1 Å². The molecule has 134 valence electrons. The minimum absolute atomic E-state index is 0.154. The second-order valence-corrected chi connectivity index (χ2v) is 8.84. The van der Waals surface area contributed by atoms with E-state index in [1.807, 2.05) is 25.7 Å². The number of carbonyl (C=O) groups is 1. The molecule has 0 aromatic carbocycles. The van der Waals surface area contributed by atoms with Gasteiger partial charge in [0.25, 0.3) is 0 Å². The van der Waals surface area contributed by atoms with E-state index in [0.717, 1.165) is 32.1 Å². The first-order valence-corrected chi connectivity index (χ1v) is 9.45. The van der Waals surface area contributed by atoms with E-state index in [9.17, 15) is 4.79 Å². The zero-order valence-electron chi connectivity index (χ0n) is 15.9. The monoisotopic (exact) mass is 324 g/mol. The summed E-state index contributed by atoms with van der Waals surface area (Å²) < 4.78 is 5.52. The third kappa shape index (κ3) is 5.10. The van der Waals surface area contributed by atoms with Gasteiger partial charge in [0.1, 0.15) is 5.60 Å². The SMILES string of the molecule is CC(C)CC1(N2CCN(C(=O)OC(C)(C)C)CC2)CCCCC1. The molecule has 1 heterocycles. The van der Waals surface area contributed by atoms with Gasteiger partial charge in [0.15, 0.2) is 0 Å². The van der Waals surface area contributed by atoms with Crippen molar-refractivity contribution < 1.29 is 9.53 Å². The Hall–Kier alpha value is -0.770. The lowest BCUT2D eigenvalue weighted by molar-refractivity contribution is -0.0208. The van der Waals surface area contributed by atoms with Crippen LogP contribution in [-0.4, -0.2) is 53.2 Å². The number of carbonyl (C=O) groups excluding carboxylic acids is 1. The van der Waals surface area contributed by atoms with Crippen LogP contribution >= 0.6 is 0 Å². The lowest BCUT2D eigenvalue weighted by atomic mass is 9.75. The van der Waals surface area contributed by atoms with Gasteiger partial charge in [0.05, 0.1) is 0 Å². The smallest absolute Gasteiger partial charge is 0.410 e. The molecule has 4 nitrogen and oxygen atoms in total. The highest BCUT2D eigenvalue weighted by Gasteiger charge is 2.40. The molecule has 0 radical (unpaired) electrons. The number of ether oxygens (including phenoxy) is 1. The van der Waals surface area contributed by atoms with Crippen LogP contribution in [0.3, 0.4) is 0 Å². The van der Waals surface area contributed by atoms with Gasteiger partial charge < -0.3 is 9.64 Å². The van der Waals surface area contributed by atoms with Crippen LogP contribution in [0.15, 0.2) is 0 Å². The fourth-order valence-corrected chi connectivity index (χ4v) is 4.31. The second-order valence-electron chi connectivity index (χ2n) is 8.84. The summed E-state index contributed by atoms with van der Waals surface area (Å²) in [6.07, 6.45) is 7.91. The lowest BCUT2D eigenvalue weighted by Gasteiger charge is -2.50. The number of hydrogen-bond acceptors (Lipinski definition) is 3. The van der Waals surface area contributed by atoms with Crippen LogP contribution in [0.4, 0.5) is 4.79 Å². The van der Waals surface area contributed by atoms with E-state index >= 15 is 0 Å². The third-order valence-corrected chi connectivity index (χ3v) is 5.17. The van der Waals surface area contributed by atoms with E-state index in [0.29, 0.717) is 5.54 Å². The molecule has 1 aliphatic carbocycles. The maximum atomic E-state index is 12.2. The molecule has 1 aliphatic heterocycles. The van der Waals surface area contributed by atoms with Crippen molar-refractivity contribution in [3.05, 3.63) is 0 Å². The molecular formula is C19H36N2O2. The van der Waals surface area contributed by atoms with Crippen LogP contribution in [0.5, 0.6) is 0 Å². The maximum absolute atomic E-state index is 12.2. The molecule has 0 aromatic heterocycles. The first kappa shape index (κ1) is 18.6. The minimum atomic E-state index is -0.406. The lowest BCUT2D eigenvalue weighted by Crippen LogP contribution is -2.59. The second kappa shape index (κ2) is 7.42. The van der Waals surface area contributed by atoms with Crippen LogP contribution in [0, 0.1) is 5.92 Å². The Morgan fingerprint density at radius 3 is 2.09 bits per heavy atom. The average molecular weight is 325 g/mol. The Kier molecular flexibility index (Phi) is 5.99. The zero-order chi connectivity index (χ0) is 17.1. The van der Waals surface area contributed by atoms with Gasteiger partial charge in [-0.25, -0.2) is 4.79 Å². The topological polar surface area (TPSA) is 32.8 Å². The van der Waals surface area contributed by atoms with Gasteiger partial charge in [-0.2, -0.15) is 0 Å². The Morgan fingerprint density at radius 2 is 1.61 bits per heavy atom. The van der Waals surface area contributed by atoms with Crippen molar-refractivity contribution in [2.45, 2.75) is 84.3 Å². The predicted molar refractivity (Wildman–Crippen MR) is 94.7 cm³/mol. The van der Waals surface area contributed by atoms with E-state index < -0.39 is 5.60 Å². The largest absolute Gasteiger partial charge is 0.444 e. The van der Waals surface area contributed by atoms with Gasteiger partial charge in [-0.3, -0.25) is 4.90 Å². The fourth-order valence-electron chi connectivity index (χ4n) is 4.31. The van der Waals surface area contributed by atoms with Crippen LogP contribution in [-0.2, 0) is 4.74 Å². The van der Waals surface area contributed by atoms with E-state index in [-0.39, 0.29) is 6.09 Å². The quantitative estimate of drug-likeness (QED) is 0.776. The maximum Gasteiger partial charge on any atom is 0.410 e. The van der Waals surface area contributed by atoms with Gasteiger partial charge in [-0.05, 0) is 46.0 Å². The highest BCUT2D eigenvalue weighted by molar-refractivity contribution is 5.68. The van der Waals surface area contributed by atoms with E-state index in [1.54, 1.807) is 0 Å². The summed E-state index contributed by atoms with van der Waals surface area (Å²) in [6, 6.07) is 0. The molecule has 0 aromatic rings. The Labute approximate surface area is 142 Å². The first-order chi connectivity index (χ1) is 10.7. The van der Waals surface area contributed by atoms with Gasteiger partial charge in [-0.15, -0.1) is 0 Å². The molecule has 4 heteroatoms. The molecule has 1 saturated carbocycles. The molecule has 1 saturated heterocycles. The molecule has 0 atom stereocenters. The summed E-state index contributed by atoms with van der Waals surface area (Å²) in [5, 5.41) is 0. The van der Waals surface area contributed by atoms with Crippen molar-refractivity contribution in [1.29, 1.82) is 0 Å². The number of amides is 1. The van der Waals surface area contributed by atoms with Crippen LogP contribution < -0.4 is 0 Å². The molecule has 2 fully saturated rings. The Balaban J connectivity index is 1.94. The van der Waals surface area contributed by atoms with Crippen molar-refractivity contribution >= 4 is 6.09 Å². The highest BCUT2D eigenvalue weighted by atomic mass is 16.6. The zero-order valence-corrected chi connectivity index (χ0v) is 15.9. The van der Waals surface area contributed by atoms with Crippen molar-refractivity contribution in [1.82, 2.24) is 9.80 Å². The molecule has 0 N–H and O–H groups in total. The summed E-state index contributed by atoms with van der Waals surface area (Å²) >= 11 is 0. The van der Waals surface area contributed by atoms with E-state index in [1.165, 1.54) is 38.5 Å². The third-order valence-electron chi connectivity index (χ3n) is 5.17. The highest BCUT2D eigenvalue weighted by Crippen LogP contribution is 2.39. The number of nitrogens with zero attached hydrogens (tertiary/aromatic N) is 2. The standard InChI is InChI=1S/C19H36N2O2/c1-16(2)15-19(9-7-6-8-10-19)21-13-11-20(12-14-21)17(22)23-18(3,4)5/h16H,6-15H2,1-5H3. The van der Waals surface area contributed by atoms with Crippen LogP contribution in [0.1, 0.15) is 73.1 Å². The first-order valence-electron chi connectivity index (χ1n) is 9.45. The Morgan fingerprint density at radius 1 is 1.04 bits per heavy atom. The summed E-state index contributed by atoms with van der Waals surface area (Å²) in [5.74, 6) is 0.733. The van der Waals surface area contributed by atoms with Crippen molar-refractivity contribution in [3.63, 3.8) is 0 Å². The van der Waals surface area contributed by atoms with Crippen molar-refractivity contribution in [2.75, 3.05) is 26.2 Å². The predicted octanol–water partition coefficient (Wildman–Crippen LogP) is 4.29. The average Bonchev–Trinajstić information content (AvgIpc) is 2.46. The summed E-state index contributed by atoms with van der Waals surface area (Å²) in [4.78, 5) is 16.8. The molecule has 23 heavy (non-hydrogen) atoms. The molecule has 2 aliphatic rings. The van der Waals surface area contributed by atoms with Gasteiger partial charge in [0, 0.05) is 31.7 Å². The Bertz CT molecular complexity index is 387. The molecule has 0 spiro atoms. The molecular weight excluding hydrogens is 288 g/mol. The fraction of sp³-hybridized carbons (Fsp3) is 0.947. The molecule has 1 amide bonds. The van der Waals surface area contributed by atoms with Crippen LogP contribution in [0.2, 0.25) is 0 Å². The summed E-state index contributed by atoms with van der Waals surface area (Å²) in [6.45, 7) is 14.1. The minimum Gasteiger partial charge on any atom is -0.444 e. The molecule has 0 unspecified atom stereocenters. The molecule has 0 bridgehead atoms. The normalized spacial score (nSPS) is 23.1. The summed E-state index contributed by atoms with van der Waals surface area (Å²) in [7, 11) is 0. The summed E-state index contributed by atoms with van der Waals surface area (Å²) in [5.41, 5.74) is -0.0249. The van der Waals surface area contributed by atoms with Gasteiger partial charge in [0.2, 0.25) is 0 Å². The number of piperazine rings is 1. The molecule has 2 rings (SSSR count). The number of hydrogen-bond donors (Lipinski definition) is 0. The van der Waals surface area contributed by atoms with E-state index in [4.69, 9.17) is 4.74 Å². The van der Waals surface area contributed by atoms with E-state index in [2.05, 4.69) is 18.7 Å². The van der Waals surface area contributed by atoms with Crippen molar-refractivity contribution in [2.24, 2.45) is 5.92 Å². The van der Waals surface area contributed by atoms with Crippen LogP contribution in [0.25, 0.3) is 0 Å². The van der Waals surface area contributed by atoms with Crippen molar-refractivity contribution in [3.8, 4) is 0 Å². The van der Waals surface area contributed by atoms with Gasteiger partial charge >= 0.3 is 6.09 Å². The number of rotatable bonds is 3.